The molecule has 0 saturated heterocycles. The normalized spacial score (nSPS) is 13.0. The van der Waals surface area contributed by atoms with E-state index in [4.69, 9.17) is 10.2 Å². The maximum absolute atomic E-state index is 11.5. The minimum Gasteiger partial charge on any atom is -0.464 e. The Morgan fingerprint density at radius 2 is 2.14 bits per heavy atom. The van der Waals surface area contributed by atoms with Crippen LogP contribution in [0, 0.1) is 0 Å². The summed E-state index contributed by atoms with van der Waals surface area (Å²) in [5.41, 5.74) is 5.40. The lowest BCUT2D eigenvalue weighted by atomic mass is 10.4. The summed E-state index contributed by atoms with van der Waals surface area (Å²) in [5.74, 6) is 2.81. The molecule has 3 nitrogen and oxygen atoms in total. The van der Waals surface area contributed by atoms with Crippen LogP contribution in [0.2, 0.25) is 0 Å². The Bertz CT molecular complexity index is 296. The fraction of sp³-hybridized carbons (Fsp3) is 0.600. The van der Waals surface area contributed by atoms with E-state index in [1.54, 1.807) is 0 Å². The first-order valence-corrected chi connectivity index (χ1v) is 6.37. The molecule has 0 aliphatic carbocycles. The average molecular weight is 215 g/mol. The SMILES string of the molecule is CCCCS(=O)Cc1ccc(CN)o1. The molecule has 1 atom stereocenters. The van der Waals surface area contributed by atoms with Gasteiger partial charge in [0.25, 0.3) is 0 Å². The molecule has 1 aromatic heterocycles. The molecule has 0 aromatic carbocycles. The van der Waals surface area contributed by atoms with Crippen LogP contribution in [-0.2, 0) is 23.1 Å². The number of furan rings is 1. The molecular formula is C10H17NO2S. The summed E-state index contributed by atoms with van der Waals surface area (Å²) in [6, 6.07) is 3.69. The zero-order valence-electron chi connectivity index (χ0n) is 8.49. The first-order valence-electron chi connectivity index (χ1n) is 4.89. The summed E-state index contributed by atoms with van der Waals surface area (Å²) in [6.07, 6.45) is 2.09. The van der Waals surface area contributed by atoms with Crippen molar-refractivity contribution in [2.45, 2.75) is 32.1 Å². The molecule has 14 heavy (non-hydrogen) atoms. The van der Waals surface area contributed by atoms with E-state index >= 15 is 0 Å². The first kappa shape index (κ1) is 11.5. The molecule has 1 aromatic rings. The van der Waals surface area contributed by atoms with Gasteiger partial charge in [-0.25, -0.2) is 0 Å². The van der Waals surface area contributed by atoms with Crippen molar-refractivity contribution in [1.82, 2.24) is 0 Å². The molecule has 80 valence electrons. The van der Waals surface area contributed by atoms with Crippen molar-refractivity contribution in [3.05, 3.63) is 23.7 Å². The molecule has 0 bridgehead atoms. The average Bonchev–Trinajstić information content (AvgIpc) is 2.62. The fourth-order valence-corrected chi connectivity index (χ4v) is 2.37. The van der Waals surface area contributed by atoms with Gasteiger partial charge in [-0.1, -0.05) is 13.3 Å². The Labute approximate surface area is 87.1 Å². The second-order valence-corrected chi connectivity index (χ2v) is 4.79. The molecule has 0 spiro atoms. The van der Waals surface area contributed by atoms with Gasteiger partial charge < -0.3 is 10.2 Å². The summed E-state index contributed by atoms with van der Waals surface area (Å²) in [4.78, 5) is 0. The summed E-state index contributed by atoms with van der Waals surface area (Å²) < 4.78 is 16.9. The van der Waals surface area contributed by atoms with Crippen LogP contribution in [0.4, 0.5) is 0 Å². The van der Waals surface area contributed by atoms with Gasteiger partial charge in [-0.15, -0.1) is 0 Å². The Hall–Kier alpha value is -0.610. The number of rotatable bonds is 6. The molecule has 1 rings (SSSR count). The standard InChI is InChI=1S/C10H17NO2S/c1-2-3-6-14(12)8-10-5-4-9(7-11)13-10/h4-5H,2-3,6-8,11H2,1H3. The first-order chi connectivity index (χ1) is 6.76. The minimum absolute atomic E-state index is 0.404. The van der Waals surface area contributed by atoms with Crippen molar-refractivity contribution in [3.8, 4) is 0 Å². The third kappa shape index (κ3) is 3.64. The van der Waals surface area contributed by atoms with E-state index in [0.29, 0.717) is 12.3 Å². The lowest BCUT2D eigenvalue weighted by molar-refractivity contribution is 0.481. The van der Waals surface area contributed by atoms with Gasteiger partial charge in [-0.3, -0.25) is 4.21 Å². The summed E-state index contributed by atoms with van der Waals surface area (Å²) in [7, 11) is -0.794. The smallest absolute Gasteiger partial charge is 0.117 e. The molecule has 0 saturated carbocycles. The van der Waals surface area contributed by atoms with Crippen LogP contribution < -0.4 is 5.73 Å². The highest BCUT2D eigenvalue weighted by atomic mass is 32.2. The van der Waals surface area contributed by atoms with Gasteiger partial charge in [-0.2, -0.15) is 0 Å². The quantitative estimate of drug-likeness (QED) is 0.787. The van der Waals surface area contributed by atoms with Crippen molar-refractivity contribution in [1.29, 1.82) is 0 Å². The zero-order valence-corrected chi connectivity index (χ0v) is 9.31. The maximum Gasteiger partial charge on any atom is 0.117 e. The highest BCUT2D eigenvalue weighted by Crippen LogP contribution is 2.10. The molecule has 0 radical (unpaired) electrons. The molecule has 4 heteroatoms. The van der Waals surface area contributed by atoms with E-state index in [1.807, 2.05) is 12.1 Å². The summed E-state index contributed by atoms with van der Waals surface area (Å²) in [5, 5.41) is 0. The molecule has 0 aliphatic heterocycles. The monoisotopic (exact) mass is 215 g/mol. The van der Waals surface area contributed by atoms with Crippen molar-refractivity contribution in [2.75, 3.05) is 5.75 Å². The van der Waals surface area contributed by atoms with E-state index in [9.17, 15) is 4.21 Å². The van der Waals surface area contributed by atoms with Crippen molar-refractivity contribution in [3.63, 3.8) is 0 Å². The van der Waals surface area contributed by atoms with Gasteiger partial charge in [0, 0.05) is 16.6 Å². The molecule has 0 aliphatic rings. The van der Waals surface area contributed by atoms with Crippen LogP contribution in [0.5, 0.6) is 0 Å². The predicted octanol–water partition coefficient (Wildman–Crippen LogP) is 1.79. The van der Waals surface area contributed by atoms with Crippen molar-refractivity contribution in [2.24, 2.45) is 5.73 Å². The van der Waals surface area contributed by atoms with E-state index in [2.05, 4.69) is 6.92 Å². The van der Waals surface area contributed by atoms with Gasteiger partial charge in [0.2, 0.25) is 0 Å². The summed E-state index contributed by atoms with van der Waals surface area (Å²) >= 11 is 0. The minimum atomic E-state index is -0.794. The fourth-order valence-electron chi connectivity index (χ4n) is 1.15. The molecule has 1 unspecified atom stereocenters. The van der Waals surface area contributed by atoms with Gasteiger partial charge in [-0.05, 0) is 18.6 Å². The number of hydrogen-bond donors (Lipinski definition) is 1. The van der Waals surface area contributed by atoms with Crippen molar-refractivity contribution < 1.29 is 8.63 Å². The molecular weight excluding hydrogens is 198 g/mol. The largest absolute Gasteiger partial charge is 0.464 e. The van der Waals surface area contributed by atoms with Crippen molar-refractivity contribution >= 4 is 10.8 Å². The van der Waals surface area contributed by atoms with E-state index in [0.717, 1.165) is 30.1 Å². The van der Waals surface area contributed by atoms with Crippen LogP contribution in [-0.4, -0.2) is 9.96 Å². The van der Waals surface area contributed by atoms with Crippen LogP contribution in [0.15, 0.2) is 16.5 Å². The lowest BCUT2D eigenvalue weighted by Crippen LogP contribution is -2.00. The second kappa shape index (κ2) is 5.98. The zero-order chi connectivity index (χ0) is 10.4. The molecule has 2 N–H and O–H groups in total. The third-order valence-electron chi connectivity index (χ3n) is 1.95. The predicted molar refractivity (Wildman–Crippen MR) is 58.2 cm³/mol. The Kier molecular flexibility index (Phi) is 4.90. The third-order valence-corrected chi connectivity index (χ3v) is 3.30. The Morgan fingerprint density at radius 1 is 1.43 bits per heavy atom. The lowest BCUT2D eigenvalue weighted by Gasteiger charge is -1.98. The van der Waals surface area contributed by atoms with E-state index in [1.165, 1.54) is 0 Å². The Balaban J connectivity index is 2.39. The van der Waals surface area contributed by atoms with E-state index in [-0.39, 0.29) is 0 Å². The number of nitrogens with two attached hydrogens (primary N) is 1. The maximum atomic E-state index is 11.5. The van der Waals surface area contributed by atoms with Crippen LogP contribution in [0.1, 0.15) is 31.3 Å². The topological polar surface area (TPSA) is 56.2 Å². The van der Waals surface area contributed by atoms with Gasteiger partial charge >= 0.3 is 0 Å². The molecule has 1 heterocycles. The second-order valence-electron chi connectivity index (χ2n) is 3.21. The van der Waals surface area contributed by atoms with Gasteiger partial charge in [0.15, 0.2) is 0 Å². The Morgan fingerprint density at radius 3 is 2.71 bits per heavy atom. The summed E-state index contributed by atoms with van der Waals surface area (Å²) in [6.45, 7) is 2.50. The number of hydrogen-bond acceptors (Lipinski definition) is 3. The van der Waals surface area contributed by atoms with Crippen LogP contribution >= 0.6 is 0 Å². The van der Waals surface area contributed by atoms with Gasteiger partial charge in [0.1, 0.15) is 11.5 Å². The highest BCUT2D eigenvalue weighted by Gasteiger charge is 2.05. The molecule has 0 fully saturated rings. The van der Waals surface area contributed by atoms with Crippen LogP contribution in [0.3, 0.4) is 0 Å². The van der Waals surface area contributed by atoms with Crippen LogP contribution in [0.25, 0.3) is 0 Å². The van der Waals surface area contributed by atoms with E-state index < -0.39 is 10.8 Å². The highest BCUT2D eigenvalue weighted by molar-refractivity contribution is 7.84. The number of unbranched alkanes of at least 4 members (excludes halogenated alkanes) is 1. The molecule has 0 amide bonds. The van der Waals surface area contributed by atoms with Gasteiger partial charge in [0.05, 0.1) is 12.3 Å².